The van der Waals surface area contributed by atoms with Crippen LogP contribution in [0.5, 0.6) is 17.4 Å². The molecule has 1 heterocycles. The van der Waals surface area contributed by atoms with Crippen LogP contribution in [-0.4, -0.2) is 12.1 Å². The van der Waals surface area contributed by atoms with Gasteiger partial charge in [0, 0.05) is 18.3 Å². The largest absolute Gasteiger partial charge is 0.493 e. The summed E-state index contributed by atoms with van der Waals surface area (Å²) in [6, 6.07) is 9.58. The van der Waals surface area contributed by atoms with Gasteiger partial charge in [-0.2, -0.15) is 0 Å². The van der Waals surface area contributed by atoms with Crippen molar-refractivity contribution in [2.75, 3.05) is 7.11 Å². The van der Waals surface area contributed by atoms with Gasteiger partial charge in [0.1, 0.15) is 0 Å². The highest BCUT2D eigenvalue weighted by molar-refractivity contribution is 5.44. The van der Waals surface area contributed by atoms with E-state index in [9.17, 15) is 0 Å². The van der Waals surface area contributed by atoms with Crippen molar-refractivity contribution in [3.63, 3.8) is 0 Å². The van der Waals surface area contributed by atoms with Gasteiger partial charge in [-0.1, -0.05) is 13.0 Å². The van der Waals surface area contributed by atoms with Crippen molar-refractivity contribution in [3.05, 3.63) is 47.7 Å². The highest BCUT2D eigenvalue weighted by Crippen LogP contribution is 2.32. The molecule has 0 fully saturated rings. The standard InChI is InChI=1S/C16H20N2O2/c1-4-12-5-6-14(15(9-12)19-3)20-16-10-13(11(2)17)7-8-18-16/h5-11H,4,17H2,1-3H3/t11-/m0/s1. The Bertz CT molecular complexity index is 582. The van der Waals surface area contributed by atoms with Crippen LogP contribution in [0.2, 0.25) is 0 Å². The number of methoxy groups -OCH3 is 1. The Hall–Kier alpha value is -2.07. The van der Waals surface area contributed by atoms with Crippen LogP contribution in [0.3, 0.4) is 0 Å². The predicted molar refractivity (Wildman–Crippen MR) is 79.3 cm³/mol. The van der Waals surface area contributed by atoms with Gasteiger partial charge in [0.05, 0.1) is 7.11 Å². The summed E-state index contributed by atoms with van der Waals surface area (Å²) in [5, 5.41) is 0. The maximum atomic E-state index is 5.86. The van der Waals surface area contributed by atoms with E-state index in [1.165, 1.54) is 5.56 Å². The van der Waals surface area contributed by atoms with E-state index >= 15 is 0 Å². The monoisotopic (exact) mass is 272 g/mol. The van der Waals surface area contributed by atoms with Gasteiger partial charge in [0.2, 0.25) is 5.88 Å². The van der Waals surface area contributed by atoms with Gasteiger partial charge in [-0.25, -0.2) is 4.98 Å². The molecule has 1 aromatic heterocycles. The normalized spacial score (nSPS) is 12.0. The summed E-state index contributed by atoms with van der Waals surface area (Å²) in [5.74, 6) is 1.87. The number of aromatic nitrogens is 1. The first kappa shape index (κ1) is 14.3. The van der Waals surface area contributed by atoms with Crippen LogP contribution in [0.4, 0.5) is 0 Å². The number of hydrogen-bond acceptors (Lipinski definition) is 4. The Morgan fingerprint density at radius 1 is 1.20 bits per heavy atom. The molecule has 0 unspecified atom stereocenters. The quantitative estimate of drug-likeness (QED) is 0.905. The summed E-state index contributed by atoms with van der Waals surface area (Å²) < 4.78 is 11.2. The molecule has 0 radical (unpaired) electrons. The smallest absolute Gasteiger partial charge is 0.219 e. The van der Waals surface area contributed by atoms with Gasteiger partial charge >= 0.3 is 0 Å². The fraction of sp³-hybridized carbons (Fsp3) is 0.312. The van der Waals surface area contributed by atoms with E-state index in [2.05, 4.69) is 11.9 Å². The first-order valence-electron chi connectivity index (χ1n) is 6.70. The molecule has 2 N–H and O–H groups in total. The maximum Gasteiger partial charge on any atom is 0.219 e. The average molecular weight is 272 g/mol. The summed E-state index contributed by atoms with van der Waals surface area (Å²) in [5.41, 5.74) is 8.05. The Kier molecular flexibility index (Phi) is 4.58. The van der Waals surface area contributed by atoms with E-state index in [-0.39, 0.29) is 6.04 Å². The third kappa shape index (κ3) is 3.27. The fourth-order valence-electron chi connectivity index (χ4n) is 1.89. The molecule has 4 nitrogen and oxygen atoms in total. The molecule has 1 atom stereocenters. The fourth-order valence-corrected chi connectivity index (χ4v) is 1.89. The molecule has 20 heavy (non-hydrogen) atoms. The molecule has 0 saturated carbocycles. The minimum atomic E-state index is -0.0512. The van der Waals surface area contributed by atoms with Crippen LogP contribution in [0.15, 0.2) is 36.5 Å². The molecule has 106 valence electrons. The van der Waals surface area contributed by atoms with E-state index < -0.39 is 0 Å². The molecule has 0 saturated heterocycles. The van der Waals surface area contributed by atoms with Crippen LogP contribution in [0, 0.1) is 0 Å². The summed E-state index contributed by atoms with van der Waals surface area (Å²) in [7, 11) is 1.63. The van der Waals surface area contributed by atoms with Crippen LogP contribution < -0.4 is 15.2 Å². The van der Waals surface area contributed by atoms with Gasteiger partial charge in [0.25, 0.3) is 0 Å². The third-order valence-electron chi connectivity index (χ3n) is 3.14. The average Bonchev–Trinajstić information content (AvgIpc) is 2.48. The maximum absolute atomic E-state index is 5.86. The number of rotatable bonds is 5. The number of benzene rings is 1. The van der Waals surface area contributed by atoms with Gasteiger partial charge in [0.15, 0.2) is 11.5 Å². The van der Waals surface area contributed by atoms with E-state index in [1.807, 2.05) is 37.3 Å². The number of nitrogens with two attached hydrogens (primary N) is 1. The zero-order chi connectivity index (χ0) is 14.5. The van der Waals surface area contributed by atoms with Crippen molar-refractivity contribution in [2.24, 2.45) is 5.73 Å². The Labute approximate surface area is 119 Å². The molecule has 2 rings (SSSR count). The van der Waals surface area contributed by atoms with E-state index in [0.717, 1.165) is 12.0 Å². The first-order chi connectivity index (χ1) is 9.63. The lowest BCUT2D eigenvalue weighted by atomic mass is 10.1. The van der Waals surface area contributed by atoms with Crippen LogP contribution in [0.1, 0.15) is 31.0 Å². The minimum absolute atomic E-state index is 0.0512. The van der Waals surface area contributed by atoms with Crippen molar-refractivity contribution in [1.82, 2.24) is 4.98 Å². The summed E-state index contributed by atoms with van der Waals surface area (Å²) in [6.45, 7) is 4.03. The molecule has 0 aliphatic heterocycles. The van der Waals surface area contributed by atoms with Crippen LogP contribution in [0.25, 0.3) is 0 Å². The highest BCUT2D eigenvalue weighted by atomic mass is 16.5. The molecule has 0 amide bonds. The lowest BCUT2D eigenvalue weighted by Crippen LogP contribution is -2.05. The number of nitrogens with zero attached hydrogens (tertiary/aromatic N) is 1. The van der Waals surface area contributed by atoms with E-state index in [4.69, 9.17) is 15.2 Å². The van der Waals surface area contributed by atoms with Crippen molar-refractivity contribution in [1.29, 1.82) is 0 Å². The molecule has 2 aromatic rings. The summed E-state index contributed by atoms with van der Waals surface area (Å²) in [6.07, 6.45) is 2.65. The molecular weight excluding hydrogens is 252 g/mol. The highest BCUT2D eigenvalue weighted by Gasteiger charge is 2.08. The van der Waals surface area contributed by atoms with E-state index in [1.54, 1.807) is 13.3 Å². The van der Waals surface area contributed by atoms with Crippen molar-refractivity contribution >= 4 is 0 Å². The van der Waals surface area contributed by atoms with Gasteiger partial charge in [-0.05, 0) is 42.7 Å². The Balaban J connectivity index is 2.27. The second kappa shape index (κ2) is 6.39. The summed E-state index contributed by atoms with van der Waals surface area (Å²) in [4.78, 5) is 4.20. The predicted octanol–water partition coefficient (Wildman–Crippen LogP) is 3.46. The summed E-state index contributed by atoms with van der Waals surface area (Å²) >= 11 is 0. The topological polar surface area (TPSA) is 57.4 Å². The Morgan fingerprint density at radius 3 is 2.65 bits per heavy atom. The van der Waals surface area contributed by atoms with Crippen molar-refractivity contribution < 1.29 is 9.47 Å². The van der Waals surface area contributed by atoms with Crippen LogP contribution in [-0.2, 0) is 6.42 Å². The zero-order valence-electron chi connectivity index (χ0n) is 12.1. The molecule has 0 bridgehead atoms. The van der Waals surface area contributed by atoms with Crippen molar-refractivity contribution in [2.45, 2.75) is 26.3 Å². The molecule has 0 aliphatic rings. The van der Waals surface area contributed by atoms with E-state index in [0.29, 0.717) is 17.4 Å². The SMILES string of the molecule is CCc1ccc(Oc2cc([C@H](C)N)ccn2)c(OC)c1. The molecule has 0 spiro atoms. The number of ether oxygens (including phenoxy) is 2. The van der Waals surface area contributed by atoms with Gasteiger partial charge in [-0.15, -0.1) is 0 Å². The number of hydrogen-bond donors (Lipinski definition) is 1. The lowest BCUT2D eigenvalue weighted by molar-refractivity contribution is 0.373. The number of pyridine rings is 1. The lowest BCUT2D eigenvalue weighted by Gasteiger charge is -2.12. The number of aryl methyl sites for hydroxylation is 1. The Morgan fingerprint density at radius 2 is 2.00 bits per heavy atom. The molecule has 1 aromatic carbocycles. The van der Waals surface area contributed by atoms with Crippen LogP contribution >= 0.6 is 0 Å². The van der Waals surface area contributed by atoms with Gasteiger partial charge < -0.3 is 15.2 Å². The minimum Gasteiger partial charge on any atom is -0.493 e. The molecular formula is C16H20N2O2. The zero-order valence-corrected chi connectivity index (χ0v) is 12.1. The third-order valence-corrected chi connectivity index (χ3v) is 3.14. The van der Waals surface area contributed by atoms with Crippen molar-refractivity contribution in [3.8, 4) is 17.4 Å². The molecule has 0 aliphatic carbocycles. The molecule has 4 heteroatoms. The first-order valence-corrected chi connectivity index (χ1v) is 6.70. The second-order valence-corrected chi connectivity index (χ2v) is 4.66. The van der Waals surface area contributed by atoms with Gasteiger partial charge in [-0.3, -0.25) is 0 Å². The second-order valence-electron chi connectivity index (χ2n) is 4.66.